The first kappa shape index (κ1) is 13.5. The zero-order chi connectivity index (χ0) is 15.1. The lowest BCUT2D eigenvalue weighted by Crippen LogP contribution is -1.86. The summed E-state index contributed by atoms with van der Waals surface area (Å²) in [6.07, 6.45) is 9.16. The molecule has 0 N–H and O–H groups in total. The van der Waals surface area contributed by atoms with Crippen LogP contribution in [0.4, 0.5) is 0 Å². The minimum absolute atomic E-state index is 0.466. The number of benzene rings is 2. The molecule has 1 unspecified atom stereocenters. The van der Waals surface area contributed by atoms with Crippen LogP contribution in [0.2, 0.25) is 0 Å². The predicted molar refractivity (Wildman–Crippen MR) is 99.4 cm³/mol. The second-order valence-corrected chi connectivity index (χ2v) is 7.06. The van der Waals surface area contributed by atoms with Gasteiger partial charge in [0.2, 0.25) is 0 Å². The van der Waals surface area contributed by atoms with Gasteiger partial charge in [-0.2, -0.15) is 0 Å². The smallest absolute Gasteiger partial charge is 0.0433 e. The summed E-state index contributed by atoms with van der Waals surface area (Å²) in [5.74, 6) is 0.466. The third-order valence-electron chi connectivity index (χ3n) is 4.20. The second-order valence-electron chi connectivity index (χ2n) is 6.01. The molecule has 1 aliphatic rings. The molecule has 3 aromatic rings. The Hall–Kier alpha value is -2.12. The molecule has 22 heavy (non-hydrogen) atoms. The molecule has 0 aliphatic heterocycles. The lowest BCUT2D eigenvalue weighted by atomic mass is 9.99. The van der Waals surface area contributed by atoms with Gasteiger partial charge in [0, 0.05) is 20.2 Å². The summed E-state index contributed by atoms with van der Waals surface area (Å²) in [4.78, 5) is 0. The first-order valence-corrected chi connectivity index (χ1v) is 8.53. The Bertz CT molecular complexity index is 950. The van der Waals surface area contributed by atoms with Crippen molar-refractivity contribution in [2.24, 2.45) is 5.92 Å². The van der Waals surface area contributed by atoms with Crippen molar-refractivity contribution in [3.05, 3.63) is 77.9 Å². The molecule has 2 aromatic carbocycles. The Labute approximate surface area is 135 Å². The molecule has 0 bridgehead atoms. The van der Waals surface area contributed by atoms with E-state index in [1.165, 1.54) is 36.9 Å². The van der Waals surface area contributed by atoms with Crippen LogP contribution in [0.15, 0.2) is 72.3 Å². The van der Waals surface area contributed by atoms with E-state index < -0.39 is 0 Å². The van der Waals surface area contributed by atoms with Crippen LogP contribution in [0, 0.1) is 5.92 Å². The molecule has 0 saturated heterocycles. The Balaban J connectivity index is 2.01. The van der Waals surface area contributed by atoms with Crippen molar-refractivity contribution in [3.63, 3.8) is 0 Å². The Morgan fingerprint density at radius 3 is 2.68 bits per heavy atom. The Morgan fingerprint density at radius 2 is 1.77 bits per heavy atom. The van der Waals surface area contributed by atoms with Crippen LogP contribution in [0.25, 0.3) is 25.7 Å². The van der Waals surface area contributed by atoms with E-state index in [-0.39, 0.29) is 0 Å². The normalized spacial score (nSPS) is 18.4. The molecule has 0 saturated carbocycles. The fraction of sp³-hybridized carbons (Fsp3) is 0.143. The minimum Gasteiger partial charge on any atom is -0.135 e. The molecule has 1 aromatic heterocycles. The lowest BCUT2D eigenvalue weighted by molar-refractivity contribution is 0.944. The number of rotatable bonds is 1. The summed E-state index contributed by atoms with van der Waals surface area (Å²) in [5, 5.41) is 2.74. The van der Waals surface area contributed by atoms with E-state index in [9.17, 15) is 0 Å². The standard InChI is InChI=1S/C21H18S/c1-14-10-11-15(2)13-16(12-14)17-7-5-8-19-18-6-3-4-9-20(18)22-21(17)19/h3-14H,1-2H3. The van der Waals surface area contributed by atoms with E-state index in [4.69, 9.17) is 0 Å². The van der Waals surface area contributed by atoms with Crippen LogP contribution in [0.1, 0.15) is 19.4 Å². The maximum atomic E-state index is 2.37. The van der Waals surface area contributed by atoms with Crippen molar-refractivity contribution in [2.75, 3.05) is 0 Å². The number of fused-ring (bicyclic) bond motifs is 3. The van der Waals surface area contributed by atoms with Crippen molar-refractivity contribution in [1.29, 1.82) is 0 Å². The number of hydrogen-bond acceptors (Lipinski definition) is 1. The molecule has 1 heterocycles. The van der Waals surface area contributed by atoms with Crippen molar-refractivity contribution >= 4 is 37.1 Å². The summed E-state index contributed by atoms with van der Waals surface area (Å²) in [7, 11) is 0. The average molecular weight is 302 g/mol. The molecule has 1 aliphatic carbocycles. The number of hydrogen-bond donors (Lipinski definition) is 0. The molecule has 4 rings (SSSR count). The van der Waals surface area contributed by atoms with Gasteiger partial charge in [0.05, 0.1) is 0 Å². The monoisotopic (exact) mass is 302 g/mol. The summed E-state index contributed by atoms with van der Waals surface area (Å²) < 4.78 is 2.76. The topological polar surface area (TPSA) is 0 Å². The minimum atomic E-state index is 0.466. The second kappa shape index (κ2) is 5.26. The van der Waals surface area contributed by atoms with Crippen molar-refractivity contribution < 1.29 is 0 Å². The van der Waals surface area contributed by atoms with Crippen LogP contribution >= 0.6 is 11.3 Å². The fourth-order valence-electron chi connectivity index (χ4n) is 3.13. The van der Waals surface area contributed by atoms with Crippen LogP contribution in [0.3, 0.4) is 0 Å². The van der Waals surface area contributed by atoms with E-state index in [2.05, 4.69) is 80.6 Å². The van der Waals surface area contributed by atoms with Gasteiger partial charge in [-0.3, -0.25) is 0 Å². The van der Waals surface area contributed by atoms with Gasteiger partial charge in [0.15, 0.2) is 0 Å². The third-order valence-corrected chi connectivity index (χ3v) is 5.42. The van der Waals surface area contributed by atoms with Gasteiger partial charge in [0.25, 0.3) is 0 Å². The Morgan fingerprint density at radius 1 is 0.955 bits per heavy atom. The van der Waals surface area contributed by atoms with Crippen LogP contribution in [-0.2, 0) is 0 Å². The van der Waals surface area contributed by atoms with E-state index in [0.29, 0.717) is 5.92 Å². The Kier molecular flexibility index (Phi) is 3.24. The summed E-state index contributed by atoms with van der Waals surface area (Å²) in [5.41, 5.74) is 4.01. The molecule has 0 amide bonds. The van der Waals surface area contributed by atoms with Crippen LogP contribution < -0.4 is 0 Å². The average Bonchev–Trinajstić information content (AvgIpc) is 2.82. The van der Waals surface area contributed by atoms with Gasteiger partial charge in [-0.1, -0.05) is 73.2 Å². The van der Waals surface area contributed by atoms with Gasteiger partial charge < -0.3 is 0 Å². The molecule has 0 nitrogen and oxygen atoms in total. The van der Waals surface area contributed by atoms with Gasteiger partial charge in [0.1, 0.15) is 0 Å². The van der Waals surface area contributed by atoms with Gasteiger partial charge in [-0.25, -0.2) is 0 Å². The van der Waals surface area contributed by atoms with Crippen molar-refractivity contribution in [1.82, 2.24) is 0 Å². The highest BCUT2D eigenvalue weighted by Gasteiger charge is 2.12. The maximum absolute atomic E-state index is 2.37. The van der Waals surface area contributed by atoms with E-state index in [1.807, 2.05) is 11.3 Å². The quantitative estimate of drug-likeness (QED) is 0.475. The highest BCUT2D eigenvalue weighted by molar-refractivity contribution is 7.26. The summed E-state index contributed by atoms with van der Waals surface area (Å²) in [6, 6.07) is 15.4. The van der Waals surface area contributed by atoms with Gasteiger partial charge in [-0.05, 0) is 30.0 Å². The summed E-state index contributed by atoms with van der Waals surface area (Å²) in [6.45, 7) is 4.42. The molecule has 0 radical (unpaired) electrons. The number of allylic oxidation sites excluding steroid dienone is 6. The molecular formula is C21H18S. The zero-order valence-corrected chi connectivity index (χ0v) is 13.7. The number of thiophene rings is 1. The van der Waals surface area contributed by atoms with Crippen molar-refractivity contribution in [2.45, 2.75) is 13.8 Å². The third kappa shape index (κ3) is 2.22. The highest BCUT2D eigenvalue weighted by Crippen LogP contribution is 2.39. The first-order valence-electron chi connectivity index (χ1n) is 7.71. The van der Waals surface area contributed by atoms with E-state index in [0.717, 1.165) is 0 Å². The van der Waals surface area contributed by atoms with E-state index in [1.54, 1.807) is 0 Å². The molecule has 0 fully saturated rings. The van der Waals surface area contributed by atoms with Crippen LogP contribution in [-0.4, -0.2) is 0 Å². The van der Waals surface area contributed by atoms with Crippen molar-refractivity contribution in [3.8, 4) is 0 Å². The molecule has 1 atom stereocenters. The highest BCUT2D eigenvalue weighted by atomic mass is 32.1. The van der Waals surface area contributed by atoms with Crippen LogP contribution in [0.5, 0.6) is 0 Å². The molecule has 108 valence electrons. The van der Waals surface area contributed by atoms with E-state index >= 15 is 0 Å². The SMILES string of the molecule is CC1=CC(c2cccc3c2sc2ccccc23)=CC(C)C=C1. The fourth-order valence-corrected chi connectivity index (χ4v) is 4.36. The summed E-state index contributed by atoms with van der Waals surface area (Å²) >= 11 is 1.90. The zero-order valence-electron chi connectivity index (χ0n) is 12.8. The first-order chi connectivity index (χ1) is 10.7. The maximum Gasteiger partial charge on any atom is 0.0433 e. The molecule has 0 spiro atoms. The largest absolute Gasteiger partial charge is 0.135 e. The predicted octanol–water partition coefficient (Wildman–Crippen LogP) is 6.59. The lowest BCUT2D eigenvalue weighted by Gasteiger charge is -2.06. The van der Waals surface area contributed by atoms with Gasteiger partial charge >= 0.3 is 0 Å². The molecular weight excluding hydrogens is 284 g/mol. The molecule has 1 heteroatoms. The van der Waals surface area contributed by atoms with Gasteiger partial charge in [-0.15, -0.1) is 11.3 Å².